The first kappa shape index (κ1) is 14.5. The van der Waals surface area contributed by atoms with Crippen molar-refractivity contribution in [3.8, 4) is 0 Å². The van der Waals surface area contributed by atoms with Crippen LogP contribution in [0.15, 0.2) is 29.0 Å². The highest BCUT2D eigenvalue weighted by Gasteiger charge is 2.18. The van der Waals surface area contributed by atoms with E-state index in [-0.39, 0.29) is 0 Å². The molecule has 1 aromatic heterocycles. The van der Waals surface area contributed by atoms with Crippen LogP contribution in [-0.4, -0.2) is 27.9 Å². The molecular weight excluding hydrogens is 330 g/mol. The third-order valence-corrected chi connectivity index (χ3v) is 4.52. The zero-order valence-corrected chi connectivity index (χ0v) is 13.8. The Morgan fingerprint density at radius 2 is 2.24 bits per heavy atom. The predicted octanol–water partition coefficient (Wildman–Crippen LogP) is 2.56. The molecule has 0 saturated heterocycles. The molecule has 21 heavy (non-hydrogen) atoms. The molecule has 6 heteroatoms. The summed E-state index contributed by atoms with van der Waals surface area (Å²) in [5.41, 5.74) is 2.53. The average Bonchev–Trinajstić information content (AvgIpc) is 2.96. The second kappa shape index (κ2) is 6.58. The zero-order chi connectivity index (χ0) is 14.7. The number of nitrogens with zero attached hydrogens (tertiary/aromatic N) is 4. The maximum Gasteiger partial charge on any atom is 0.152 e. The first-order valence-corrected chi connectivity index (χ1v) is 8.18. The highest BCUT2D eigenvalue weighted by atomic mass is 79.9. The van der Waals surface area contributed by atoms with Gasteiger partial charge in [-0.1, -0.05) is 28.9 Å². The summed E-state index contributed by atoms with van der Waals surface area (Å²) in [6.07, 6.45) is 2.97. The van der Waals surface area contributed by atoms with Gasteiger partial charge in [0.15, 0.2) is 5.82 Å². The van der Waals surface area contributed by atoms with E-state index >= 15 is 0 Å². The van der Waals surface area contributed by atoms with Crippen molar-refractivity contribution in [2.45, 2.75) is 33.0 Å². The Morgan fingerprint density at radius 1 is 1.33 bits per heavy atom. The van der Waals surface area contributed by atoms with Crippen molar-refractivity contribution < 1.29 is 0 Å². The molecular formula is C15H20BrN5. The Kier molecular flexibility index (Phi) is 4.55. The maximum absolute atomic E-state index is 4.17. The van der Waals surface area contributed by atoms with E-state index in [1.807, 2.05) is 6.33 Å². The zero-order valence-electron chi connectivity index (χ0n) is 12.2. The summed E-state index contributed by atoms with van der Waals surface area (Å²) in [5.74, 6) is 1.03. The van der Waals surface area contributed by atoms with Crippen LogP contribution in [0.1, 0.15) is 24.7 Å². The van der Waals surface area contributed by atoms with Gasteiger partial charge in [-0.2, -0.15) is 0 Å². The van der Waals surface area contributed by atoms with Crippen molar-refractivity contribution in [2.75, 3.05) is 18.0 Å². The minimum absolute atomic E-state index is 0.819. The number of anilines is 1. The quantitative estimate of drug-likeness (QED) is 0.842. The molecule has 0 fully saturated rings. The smallest absolute Gasteiger partial charge is 0.152 e. The summed E-state index contributed by atoms with van der Waals surface area (Å²) in [7, 11) is 0. The summed E-state index contributed by atoms with van der Waals surface area (Å²) in [6.45, 7) is 6.89. The Labute approximate surface area is 133 Å². The molecule has 1 aliphatic heterocycles. The Morgan fingerprint density at radius 3 is 3.05 bits per heavy atom. The van der Waals surface area contributed by atoms with E-state index < -0.39 is 0 Å². The first-order valence-electron chi connectivity index (χ1n) is 7.38. The number of benzene rings is 1. The first-order chi connectivity index (χ1) is 10.3. The molecule has 5 nitrogen and oxygen atoms in total. The SMILES string of the molecule is CCCNCc1ccc(N2CCn3cnnc3C2)cc1Br. The third-order valence-electron chi connectivity index (χ3n) is 3.78. The van der Waals surface area contributed by atoms with E-state index in [9.17, 15) is 0 Å². The number of hydrogen-bond donors (Lipinski definition) is 1. The summed E-state index contributed by atoms with van der Waals surface area (Å²) in [5, 5.41) is 11.6. The molecule has 0 radical (unpaired) electrons. The van der Waals surface area contributed by atoms with Crippen molar-refractivity contribution in [3.05, 3.63) is 40.4 Å². The van der Waals surface area contributed by atoms with Crippen molar-refractivity contribution >= 4 is 21.6 Å². The monoisotopic (exact) mass is 349 g/mol. The number of aromatic nitrogens is 3. The van der Waals surface area contributed by atoms with Crippen LogP contribution in [0.5, 0.6) is 0 Å². The number of halogens is 1. The highest BCUT2D eigenvalue weighted by molar-refractivity contribution is 9.10. The second-order valence-corrected chi connectivity index (χ2v) is 6.17. The van der Waals surface area contributed by atoms with Crippen molar-refractivity contribution in [3.63, 3.8) is 0 Å². The number of nitrogens with one attached hydrogen (secondary N) is 1. The fraction of sp³-hybridized carbons (Fsp3) is 0.467. The highest BCUT2D eigenvalue weighted by Crippen LogP contribution is 2.26. The van der Waals surface area contributed by atoms with Crippen molar-refractivity contribution in [2.24, 2.45) is 0 Å². The van der Waals surface area contributed by atoms with Crippen LogP contribution >= 0.6 is 15.9 Å². The Hall–Kier alpha value is -1.40. The maximum atomic E-state index is 4.17. The summed E-state index contributed by atoms with van der Waals surface area (Å²) < 4.78 is 3.28. The fourth-order valence-electron chi connectivity index (χ4n) is 2.56. The molecule has 2 aromatic rings. The number of fused-ring (bicyclic) bond motifs is 1. The Balaban J connectivity index is 1.71. The van der Waals surface area contributed by atoms with E-state index in [2.05, 4.69) is 66.0 Å². The topological polar surface area (TPSA) is 46.0 Å². The molecule has 3 rings (SSSR count). The van der Waals surface area contributed by atoms with E-state index in [1.165, 1.54) is 11.3 Å². The van der Waals surface area contributed by atoms with Crippen LogP contribution in [0.3, 0.4) is 0 Å². The van der Waals surface area contributed by atoms with Gasteiger partial charge in [0.2, 0.25) is 0 Å². The van der Waals surface area contributed by atoms with Gasteiger partial charge in [-0.3, -0.25) is 0 Å². The lowest BCUT2D eigenvalue weighted by Crippen LogP contribution is -2.33. The van der Waals surface area contributed by atoms with E-state index in [0.29, 0.717) is 0 Å². The van der Waals surface area contributed by atoms with Gasteiger partial charge in [-0.15, -0.1) is 10.2 Å². The van der Waals surface area contributed by atoms with Gasteiger partial charge in [0, 0.05) is 29.8 Å². The van der Waals surface area contributed by atoms with E-state index in [0.717, 1.165) is 49.4 Å². The third kappa shape index (κ3) is 3.27. The summed E-state index contributed by atoms with van der Waals surface area (Å²) >= 11 is 3.69. The van der Waals surface area contributed by atoms with Crippen LogP contribution in [0.4, 0.5) is 5.69 Å². The second-order valence-electron chi connectivity index (χ2n) is 5.31. The Bertz CT molecular complexity index is 610. The van der Waals surface area contributed by atoms with Crippen LogP contribution in [-0.2, 0) is 19.6 Å². The van der Waals surface area contributed by atoms with Crippen LogP contribution in [0.25, 0.3) is 0 Å². The van der Waals surface area contributed by atoms with Gasteiger partial charge in [0.25, 0.3) is 0 Å². The van der Waals surface area contributed by atoms with Crippen LogP contribution in [0.2, 0.25) is 0 Å². The van der Waals surface area contributed by atoms with Crippen LogP contribution < -0.4 is 10.2 Å². The molecule has 112 valence electrons. The molecule has 0 spiro atoms. The van der Waals surface area contributed by atoms with Gasteiger partial charge in [0.05, 0.1) is 6.54 Å². The van der Waals surface area contributed by atoms with Crippen molar-refractivity contribution in [1.29, 1.82) is 0 Å². The van der Waals surface area contributed by atoms with E-state index in [1.54, 1.807) is 0 Å². The molecule has 1 aromatic carbocycles. The minimum Gasteiger partial charge on any atom is -0.362 e. The lowest BCUT2D eigenvalue weighted by molar-refractivity contribution is 0.560. The average molecular weight is 350 g/mol. The number of hydrogen-bond acceptors (Lipinski definition) is 4. The molecule has 0 aliphatic carbocycles. The fourth-order valence-corrected chi connectivity index (χ4v) is 3.07. The lowest BCUT2D eigenvalue weighted by Gasteiger charge is -2.29. The number of rotatable bonds is 5. The van der Waals surface area contributed by atoms with E-state index in [4.69, 9.17) is 0 Å². The molecule has 1 aliphatic rings. The van der Waals surface area contributed by atoms with Gasteiger partial charge >= 0.3 is 0 Å². The molecule has 0 unspecified atom stereocenters. The predicted molar refractivity (Wildman–Crippen MR) is 87.2 cm³/mol. The summed E-state index contributed by atoms with van der Waals surface area (Å²) in [4.78, 5) is 2.35. The minimum atomic E-state index is 0.819. The molecule has 2 heterocycles. The summed E-state index contributed by atoms with van der Waals surface area (Å²) in [6, 6.07) is 6.59. The molecule has 0 bridgehead atoms. The standard InChI is InChI=1S/C15H20BrN5/c1-2-5-17-9-12-3-4-13(8-14(12)16)20-6-7-21-11-18-19-15(21)10-20/h3-4,8,11,17H,2,5-7,9-10H2,1H3. The van der Waals surface area contributed by atoms with Gasteiger partial charge in [0.1, 0.15) is 6.33 Å². The molecule has 0 saturated carbocycles. The van der Waals surface area contributed by atoms with Crippen molar-refractivity contribution in [1.82, 2.24) is 20.1 Å². The lowest BCUT2D eigenvalue weighted by atomic mass is 10.1. The largest absolute Gasteiger partial charge is 0.362 e. The van der Waals surface area contributed by atoms with Gasteiger partial charge in [-0.05, 0) is 30.7 Å². The van der Waals surface area contributed by atoms with Gasteiger partial charge in [-0.25, -0.2) is 0 Å². The molecule has 1 N–H and O–H groups in total. The van der Waals surface area contributed by atoms with Crippen LogP contribution in [0, 0.1) is 0 Å². The molecule has 0 amide bonds. The van der Waals surface area contributed by atoms with Gasteiger partial charge < -0.3 is 14.8 Å². The normalized spacial score (nSPS) is 14.3. The molecule has 0 atom stereocenters.